The number of carbonyl (C=O) groups is 1. The van der Waals surface area contributed by atoms with Crippen LogP contribution >= 0.6 is 0 Å². The van der Waals surface area contributed by atoms with Crippen molar-refractivity contribution in [2.45, 2.75) is 19.9 Å². The Bertz CT molecular complexity index is 1120. The molecule has 0 aliphatic heterocycles. The van der Waals surface area contributed by atoms with E-state index in [4.69, 9.17) is 5.11 Å². The minimum absolute atomic E-state index is 0.283. The molecule has 0 saturated carbocycles. The summed E-state index contributed by atoms with van der Waals surface area (Å²) in [6, 6.07) is 7.02. The molecule has 0 saturated heterocycles. The molecule has 3 rings (SSSR count). The van der Waals surface area contributed by atoms with Gasteiger partial charge in [-0.3, -0.25) is 13.9 Å². The molecular weight excluding hydrogens is 336 g/mol. The normalized spacial score (nSPS) is 11.5. The second kappa shape index (κ2) is 6.83. The number of aromatic nitrogens is 4. The van der Waals surface area contributed by atoms with Gasteiger partial charge in [-0.25, -0.2) is 14.6 Å². The number of nitrogens with one attached hydrogen (secondary N) is 1. The molecule has 0 aliphatic carbocycles. The Kier molecular flexibility index (Phi) is 4.57. The second-order valence-electron chi connectivity index (χ2n) is 5.88. The number of H-pyrrole nitrogens is 1. The number of imidazole rings is 1. The molecule has 134 valence electrons. The van der Waals surface area contributed by atoms with E-state index in [1.165, 1.54) is 15.2 Å². The molecule has 0 unspecified atom stereocenters. The van der Waals surface area contributed by atoms with Gasteiger partial charge in [-0.15, -0.1) is 0 Å². The fourth-order valence-corrected chi connectivity index (χ4v) is 2.73. The average molecular weight is 354 g/mol. The SMILES string of the molecule is CCCn1c(=O)c2[nH]c(-c3ccc(/C=C/C(=O)O)cc3)nc2n(C)c1=O. The molecule has 8 heteroatoms. The smallest absolute Gasteiger partial charge is 0.332 e. The molecule has 2 aromatic heterocycles. The van der Waals surface area contributed by atoms with Crippen LogP contribution in [0.5, 0.6) is 0 Å². The average Bonchev–Trinajstić information content (AvgIpc) is 3.08. The predicted octanol–water partition coefficient (Wildman–Crippen LogP) is 1.60. The number of carboxylic acid groups (broad SMARTS) is 1. The summed E-state index contributed by atoms with van der Waals surface area (Å²) in [5, 5.41) is 8.66. The lowest BCUT2D eigenvalue weighted by Gasteiger charge is -2.05. The van der Waals surface area contributed by atoms with E-state index in [0.29, 0.717) is 24.4 Å². The Morgan fingerprint density at radius 3 is 2.58 bits per heavy atom. The van der Waals surface area contributed by atoms with Crippen LogP contribution in [-0.2, 0) is 18.4 Å². The number of carboxylic acids is 1. The van der Waals surface area contributed by atoms with Gasteiger partial charge < -0.3 is 10.1 Å². The maximum atomic E-state index is 12.6. The van der Waals surface area contributed by atoms with Gasteiger partial charge in [-0.2, -0.15) is 0 Å². The quantitative estimate of drug-likeness (QED) is 0.676. The fraction of sp³-hybridized carbons (Fsp3) is 0.222. The largest absolute Gasteiger partial charge is 0.478 e. The first-order valence-electron chi connectivity index (χ1n) is 8.13. The standard InChI is InChI=1S/C18H18N4O4/c1-3-10-22-17(25)14-16(21(2)18(22)26)20-15(19-14)12-7-4-11(5-8-12)6-9-13(23)24/h4-9H,3,10H2,1-2H3,(H,19,20)(H,23,24)/b9-6+. The molecule has 3 aromatic rings. The van der Waals surface area contributed by atoms with Gasteiger partial charge in [-0.05, 0) is 18.1 Å². The number of aromatic amines is 1. The number of nitrogens with zero attached hydrogens (tertiary/aromatic N) is 3. The Hall–Kier alpha value is -3.42. The molecule has 0 radical (unpaired) electrons. The molecule has 0 aliphatic rings. The Balaban J connectivity index is 2.08. The summed E-state index contributed by atoms with van der Waals surface area (Å²) in [7, 11) is 1.58. The molecule has 0 atom stereocenters. The fourth-order valence-electron chi connectivity index (χ4n) is 2.73. The molecule has 0 amide bonds. The van der Waals surface area contributed by atoms with Crippen molar-refractivity contribution < 1.29 is 9.90 Å². The predicted molar refractivity (Wildman–Crippen MR) is 98.0 cm³/mol. The highest BCUT2D eigenvalue weighted by Gasteiger charge is 2.15. The summed E-state index contributed by atoms with van der Waals surface area (Å²) < 4.78 is 2.56. The van der Waals surface area contributed by atoms with Crippen molar-refractivity contribution >= 4 is 23.2 Å². The maximum absolute atomic E-state index is 12.6. The van der Waals surface area contributed by atoms with Crippen LogP contribution in [-0.4, -0.2) is 30.2 Å². The van der Waals surface area contributed by atoms with Crippen LogP contribution in [0.2, 0.25) is 0 Å². The van der Waals surface area contributed by atoms with Gasteiger partial charge in [-0.1, -0.05) is 31.2 Å². The van der Waals surface area contributed by atoms with Crippen molar-refractivity contribution in [2.75, 3.05) is 0 Å². The minimum atomic E-state index is -1.02. The van der Waals surface area contributed by atoms with E-state index >= 15 is 0 Å². The molecule has 0 bridgehead atoms. The van der Waals surface area contributed by atoms with Crippen molar-refractivity contribution in [3.05, 3.63) is 56.7 Å². The molecule has 0 spiro atoms. The summed E-state index contributed by atoms with van der Waals surface area (Å²) in [6.45, 7) is 2.25. The number of hydrogen-bond donors (Lipinski definition) is 2. The highest BCUT2D eigenvalue weighted by molar-refractivity contribution is 5.85. The molecular formula is C18H18N4O4. The number of fused-ring (bicyclic) bond motifs is 1. The van der Waals surface area contributed by atoms with Crippen LogP contribution in [0.15, 0.2) is 39.9 Å². The van der Waals surface area contributed by atoms with Gasteiger partial charge in [0.2, 0.25) is 0 Å². The van der Waals surface area contributed by atoms with E-state index in [9.17, 15) is 14.4 Å². The van der Waals surface area contributed by atoms with Crippen molar-refractivity contribution in [1.82, 2.24) is 19.1 Å². The van der Waals surface area contributed by atoms with Crippen LogP contribution in [0.1, 0.15) is 18.9 Å². The highest BCUT2D eigenvalue weighted by Crippen LogP contribution is 2.19. The molecule has 2 heterocycles. The maximum Gasteiger partial charge on any atom is 0.332 e. The van der Waals surface area contributed by atoms with Gasteiger partial charge in [0.25, 0.3) is 5.56 Å². The molecule has 2 N–H and O–H groups in total. The number of aryl methyl sites for hydroxylation is 1. The van der Waals surface area contributed by atoms with Crippen LogP contribution in [0.3, 0.4) is 0 Å². The van der Waals surface area contributed by atoms with Crippen molar-refractivity contribution in [1.29, 1.82) is 0 Å². The number of aliphatic carboxylic acids is 1. The molecule has 0 fully saturated rings. The van der Waals surface area contributed by atoms with E-state index in [2.05, 4.69) is 9.97 Å². The lowest BCUT2D eigenvalue weighted by atomic mass is 10.1. The van der Waals surface area contributed by atoms with Crippen LogP contribution < -0.4 is 11.2 Å². The summed E-state index contributed by atoms with van der Waals surface area (Å²) in [5.41, 5.74) is 1.26. The molecule has 1 aromatic carbocycles. The van der Waals surface area contributed by atoms with Gasteiger partial charge >= 0.3 is 11.7 Å². The van der Waals surface area contributed by atoms with Crippen LogP contribution in [0, 0.1) is 0 Å². The zero-order valence-electron chi connectivity index (χ0n) is 14.4. The number of benzene rings is 1. The van der Waals surface area contributed by atoms with E-state index in [0.717, 1.165) is 17.2 Å². The first kappa shape index (κ1) is 17.4. The van der Waals surface area contributed by atoms with Gasteiger partial charge in [0, 0.05) is 25.2 Å². The van der Waals surface area contributed by atoms with E-state index in [-0.39, 0.29) is 11.1 Å². The summed E-state index contributed by atoms with van der Waals surface area (Å²) in [6.07, 6.45) is 3.22. The summed E-state index contributed by atoms with van der Waals surface area (Å²) >= 11 is 0. The topological polar surface area (TPSA) is 110 Å². The Labute approximate surface area is 148 Å². The third-order valence-electron chi connectivity index (χ3n) is 4.03. The zero-order chi connectivity index (χ0) is 18.8. The van der Waals surface area contributed by atoms with Crippen molar-refractivity contribution in [3.63, 3.8) is 0 Å². The number of hydrogen-bond acceptors (Lipinski definition) is 4. The Morgan fingerprint density at radius 2 is 1.96 bits per heavy atom. The first-order valence-corrected chi connectivity index (χ1v) is 8.13. The van der Waals surface area contributed by atoms with Crippen LogP contribution in [0.25, 0.3) is 28.6 Å². The van der Waals surface area contributed by atoms with E-state index < -0.39 is 11.7 Å². The van der Waals surface area contributed by atoms with Gasteiger partial charge in [0.05, 0.1) is 0 Å². The Morgan fingerprint density at radius 1 is 1.27 bits per heavy atom. The molecule has 8 nitrogen and oxygen atoms in total. The third-order valence-corrected chi connectivity index (χ3v) is 4.03. The van der Waals surface area contributed by atoms with E-state index in [1.54, 1.807) is 31.3 Å². The van der Waals surface area contributed by atoms with E-state index in [1.807, 2.05) is 6.92 Å². The van der Waals surface area contributed by atoms with Crippen molar-refractivity contribution in [2.24, 2.45) is 7.05 Å². The van der Waals surface area contributed by atoms with Crippen molar-refractivity contribution in [3.8, 4) is 11.4 Å². The molecule has 26 heavy (non-hydrogen) atoms. The van der Waals surface area contributed by atoms with Gasteiger partial charge in [0.1, 0.15) is 11.3 Å². The number of rotatable bonds is 5. The summed E-state index contributed by atoms with van der Waals surface area (Å²) in [5.74, 6) is -0.550. The third kappa shape index (κ3) is 3.08. The minimum Gasteiger partial charge on any atom is -0.478 e. The first-order chi connectivity index (χ1) is 12.4. The lowest BCUT2D eigenvalue weighted by molar-refractivity contribution is -0.131. The zero-order valence-corrected chi connectivity index (χ0v) is 14.4. The monoisotopic (exact) mass is 354 g/mol. The lowest BCUT2D eigenvalue weighted by Crippen LogP contribution is -2.39. The highest BCUT2D eigenvalue weighted by atomic mass is 16.4. The second-order valence-corrected chi connectivity index (χ2v) is 5.88. The van der Waals surface area contributed by atoms with Crippen LogP contribution in [0.4, 0.5) is 0 Å². The van der Waals surface area contributed by atoms with Gasteiger partial charge in [0.15, 0.2) is 5.65 Å². The summed E-state index contributed by atoms with van der Waals surface area (Å²) in [4.78, 5) is 42.8.